The first-order valence-corrected chi connectivity index (χ1v) is 3.21. The number of aromatic nitrogens is 2. The molecule has 0 saturated heterocycles. The van der Waals surface area contributed by atoms with Crippen molar-refractivity contribution in [1.29, 1.82) is 0 Å². The summed E-state index contributed by atoms with van der Waals surface area (Å²) in [4.78, 5) is 10.5. The summed E-state index contributed by atoms with van der Waals surface area (Å²) < 4.78 is 0.683. The molecule has 0 spiro atoms. The van der Waals surface area contributed by atoms with Crippen molar-refractivity contribution >= 4 is 15.9 Å². The molecule has 0 bridgehead atoms. The van der Waals surface area contributed by atoms with E-state index in [1.54, 1.807) is 0 Å². The number of hydrogen-bond donors (Lipinski definition) is 1. The third-order valence-electron chi connectivity index (χ3n) is 0.937. The molecule has 0 aliphatic heterocycles. The number of halogens is 1. The minimum atomic E-state index is -0.171. The van der Waals surface area contributed by atoms with E-state index in [4.69, 9.17) is 0 Å². The fourth-order valence-electron chi connectivity index (χ4n) is 0.481. The first-order valence-electron chi connectivity index (χ1n) is 2.42. The van der Waals surface area contributed by atoms with Gasteiger partial charge in [0.05, 0.1) is 0 Å². The molecule has 1 rings (SSSR count). The summed E-state index contributed by atoms with van der Waals surface area (Å²) in [6, 6.07) is 1.48. The van der Waals surface area contributed by atoms with Crippen molar-refractivity contribution in [2.75, 3.05) is 0 Å². The van der Waals surface area contributed by atoms with E-state index < -0.39 is 0 Å². The molecule has 0 aliphatic rings. The second-order valence-corrected chi connectivity index (χ2v) is 2.46. The number of aromatic amines is 1. The molecule has 1 N–H and O–H groups in total. The van der Waals surface area contributed by atoms with E-state index in [2.05, 4.69) is 26.1 Å². The quantitative estimate of drug-likeness (QED) is 0.657. The molecule has 0 saturated carbocycles. The Morgan fingerprint density at radius 2 is 2.44 bits per heavy atom. The van der Waals surface area contributed by atoms with Crippen LogP contribution in [0.5, 0.6) is 0 Å². The van der Waals surface area contributed by atoms with Crippen molar-refractivity contribution in [3.05, 3.63) is 26.6 Å². The van der Waals surface area contributed by atoms with Gasteiger partial charge in [0.25, 0.3) is 5.56 Å². The van der Waals surface area contributed by atoms with Crippen LogP contribution in [0.25, 0.3) is 0 Å². The molecule has 1 aromatic heterocycles. The van der Waals surface area contributed by atoms with Gasteiger partial charge in [-0.1, -0.05) is 0 Å². The molecule has 1 heterocycles. The van der Waals surface area contributed by atoms with E-state index in [0.717, 1.165) is 5.56 Å². The zero-order valence-electron chi connectivity index (χ0n) is 4.81. The molecular formula is C5H5BrN2O. The average molecular weight is 189 g/mol. The van der Waals surface area contributed by atoms with Crippen LogP contribution in [0.15, 0.2) is 15.5 Å². The fourth-order valence-corrected chi connectivity index (χ4v) is 0.684. The summed E-state index contributed by atoms with van der Waals surface area (Å²) in [7, 11) is 0. The van der Waals surface area contributed by atoms with Crippen LogP contribution in [0, 0.1) is 6.92 Å². The highest BCUT2D eigenvalue weighted by Gasteiger charge is 1.92. The number of hydrogen-bond acceptors (Lipinski definition) is 2. The van der Waals surface area contributed by atoms with Gasteiger partial charge in [-0.15, -0.1) is 0 Å². The number of rotatable bonds is 0. The van der Waals surface area contributed by atoms with Crippen LogP contribution in [0.2, 0.25) is 0 Å². The zero-order chi connectivity index (χ0) is 6.85. The largest absolute Gasteiger partial charge is 0.268 e. The highest BCUT2D eigenvalue weighted by Crippen LogP contribution is 2.06. The van der Waals surface area contributed by atoms with Gasteiger partial charge in [-0.2, -0.15) is 5.10 Å². The Labute approximate surface area is 60.2 Å². The molecular weight excluding hydrogens is 184 g/mol. The summed E-state index contributed by atoms with van der Waals surface area (Å²) in [6.45, 7) is 1.81. The topological polar surface area (TPSA) is 45.8 Å². The van der Waals surface area contributed by atoms with E-state index in [9.17, 15) is 4.79 Å². The van der Waals surface area contributed by atoms with Gasteiger partial charge in [0.2, 0.25) is 0 Å². The van der Waals surface area contributed by atoms with Gasteiger partial charge < -0.3 is 0 Å². The average Bonchev–Trinajstić information content (AvgIpc) is 1.80. The Balaban J connectivity index is 3.34. The van der Waals surface area contributed by atoms with Crippen molar-refractivity contribution in [3.8, 4) is 0 Å². The molecule has 0 unspecified atom stereocenters. The molecule has 0 aromatic carbocycles. The predicted molar refractivity (Wildman–Crippen MR) is 37.3 cm³/mol. The van der Waals surface area contributed by atoms with Crippen molar-refractivity contribution < 1.29 is 0 Å². The summed E-state index contributed by atoms with van der Waals surface area (Å²) in [5.74, 6) is 0. The van der Waals surface area contributed by atoms with Crippen LogP contribution in [0.4, 0.5) is 0 Å². The highest BCUT2D eigenvalue weighted by atomic mass is 79.9. The lowest BCUT2D eigenvalue weighted by molar-refractivity contribution is 0.949. The van der Waals surface area contributed by atoms with E-state index >= 15 is 0 Å². The maximum Gasteiger partial charge on any atom is 0.264 e. The third-order valence-corrected chi connectivity index (χ3v) is 1.74. The summed E-state index contributed by atoms with van der Waals surface area (Å²) in [5.41, 5.74) is 0.675. The lowest BCUT2D eigenvalue weighted by atomic mass is 10.4. The van der Waals surface area contributed by atoms with E-state index in [-0.39, 0.29) is 5.56 Å². The Bertz CT molecular complexity index is 268. The van der Waals surface area contributed by atoms with Gasteiger partial charge in [0, 0.05) is 6.07 Å². The first kappa shape index (κ1) is 6.48. The lowest BCUT2D eigenvalue weighted by Gasteiger charge is -1.90. The second-order valence-electron chi connectivity index (χ2n) is 1.71. The summed E-state index contributed by atoms with van der Waals surface area (Å²) in [6.07, 6.45) is 0. The van der Waals surface area contributed by atoms with Crippen molar-refractivity contribution in [2.24, 2.45) is 0 Å². The molecule has 0 atom stereocenters. The van der Waals surface area contributed by atoms with Crippen LogP contribution in [-0.2, 0) is 0 Å². The maximum absolute atomic E-state index is 10.5. The number of nitrogens with zero attached hydrogens (tertiary/aromatic N) is 1. The highest BCUT2D eigenvalue weighted by molar-refractivity contribution is 9.10. The van der Waals surface area contributed by atoms with E-state index in [0.29, 0.717) is 4.60 Å². The normalized spacial score (nSPS) is 9.56. The van der Waals surface area contributed by atoms with Gasteiger partial charge in [-0.05, 0) is 28.4 Å². The minimum Gasteiger partial charge on any atom is -0.268 e. The number of H-pyrrole nitrogens is 1. The standard InChI is InChI=1S/C5H5BrN2O/c1-3-2-4(9)7-8-5(3)6/h2H,1H3,(H,7,9). The second kappa shape index (κ2) is 2.31. The van der Waals surface area contributed by atoms with Gasteiger partial charge in [0.15, 0.2) is 0 Å². The SMILES string of the molecule is Cc1cc(=O)[nH]nc1Br. The molecule has 1 aromatic rings. The number of nitrogens with one attached hydrogen (secondary N) is 1. The Hall–Kier alpha value is -0.640. The van der Waals surface area contributed by atoms with Crippen LogP contribution < -0.4 is 5.56 Å². The molecule has 48 valence electrons. The summed E-state index contributed by atoms with van der Waals surface area (Å²) >= 11 is 3.15. The molecule has 9 heavy (non-hydrogen) atoms. The van der Waals surface area contributed by atoms with Crippen LogP contribution in [0.3, 0.4) is 0 Å². The fraction of sp³-hybridized carbons (Fsp3) is 0.200. The minimum absolute atomic E-state index is 0.171. The van der Waals surface area contributed by atoms with Crippen LogP contribution in [0.1, 0.15) is 5.56 Å². The Morgan fingerprint density at radius 3 is 2.89 bits per heavy atom. The van der Waals surface area contributed by atoms with E-state index in [1.165, 1.54) is 6.07 Å². The molecule has 4 heteroatoms. The van der Waals surface area contributed by atoms with Gasteiger partial charge in [-0.25, -0.2) is 5.10 Å². The van der Waals surface area contributed by atoms with E-state index in [1.807, 2.05) is 6.92 Å². The van der Waals surface area contributed by atoms with Crippen molar-refractivity contribution in [1.82, 2.24) is 10.2 Å². The third kappa shape index (κ3) is 1.38. The van der Waals surface area contributed by atoms with Crippen LogP contribution in [-0.4, -0.2) is 10.2 Å². The molecule has 0 fully saturated rings. The maximum atomic E-state index is 10.5. The number of aryl methyl sites for hydroxylation is 1. The Morgan fingerprint density at radius 1 is 1.78 bits per heavy atom. The summed E-state index contributed by atoms with van der Waals surface area (Å²) in [5, 5.41) is 5.95. The first-order chi connectivity index (χ1) is 4.20. The molecule has 3 nitrogen and oxygen atoms in total. The molecule has 0 radical (unpaired) electrons. The molecule has 0 amide bonds. The van der Waals surface area contributed by atoms with Crippen LogP contribution >= 0.6 is 15.9 Å². The van der Waals surface area contributed by atoms with Gasteiger partial charge in [-0.3, -0.25) is 4.79 Å². The molecule has 0 aliphatic carbocycles. The van der Waals surface area contributed by atoms with Gasteiger partial charge in [0.1, 0.15) is 4.60 Å². The van der Waals surface area contributed by atoms with Gasteiger partial charge >= 0.3 is 0 Å². The van der Waals surface area contributed by atoms with Crippen molar-refractivity contribution in [3.63, 3.8) is 0 Å². The lowest BCUT2D eigenvalue weighted by Crippen LogP contribution is -2.06. The predicted octanol–water partition coefficient (Wildman–Crippen LogP) is 0.841. The zero-order valence-corrected chi connectivity index (χ0v) is 6.40. The Kier molecular flexibility index (Phi) is 1.66. The monoisotopic (exact) mass is 188 g/mol. The smallest absolute Gasteiger partial charge is 0.264 e. The van der Waals surface area contributed by atoms with Crippen molar-refractivity contribution in [2.45, 2.75) is 6.92 Å².